The van der Waals surface area contributed by atoms with Crippen molar-refractivity contribution in [3.8, 4) is 5.88 Å². The van der Waals surface area contributed by atoms with E-state index in [0.717, 1.165) is 10.9 Å². The third kappa shape index (κ3) is 1.37. The summed E-state index contributed by atoms with van der Waals surface area (Å²) in [7, 11) is 1.88. The summed E-state index contributed by atoms with van der Waals surface area (Å²) in [5.41, 5.74) is 1.06. The van der Waals surface area contributed by atoms with Crippen LogP contribution in [0.3, 0.4) is 0 Å². The molecule has 0 amide bonds. The number of nitrogens with zero attached hydrogens (tertiary/aromatic N) is 1. The molecule has 1 aromatic heterocycles. The van der Waals surface area contributed by atoms with Crippen molar-refractivity contribution < 1.29 is 9.53 Å². The van der Waals surface area contributed by atoms with Gasteiger partial charge in [-0.2, -0.15) is 0 Å². The van der Waals surface area contributed by atoms with Crippen LogP contribution in [-0.4, -0.2) is 10.5 Å². The number of hydrogen-bond acceptors (Lipinski definition) is 2. The number of benzene rings is 1. The molecule has 0 aliphatic heterocycles. The van der Waals surface area contributed by atoms with Gasteiger partial charge in [0, 0.05) is 25.4 Å². The lowest BCUT2D eigenvalue weighted by atomic mass is 10.2. The molecular formula is C11H11NO2. The summed E-state index contributed by atoms with van der Waals surface area (Å²) in [5.74, 6) is 0.287. The number of carbonyl (C=O) groups excluding carboxylic acids is 1. The van der Waals surface area contributed by atoms with Crippen LogP contribution < -0.4 is 4.74 Å². The summed E-state index contributed by atoms with van der Waals surface area (Å²) < 4.78 is 6.91. The highest BCUT2D eigenvalue weighted by molar-refractivity contribution is 5.83. The van der Waals surface area contributed by atoms with Gasteiger partial charge in [-0.05, 0) is 6.07 Å². The third-order valence-corrected chi connectivity index (χ3v) is 2.16. The van der Waals surface area contributed by atoms with Gasteiger partial charge < -0.3 is 9.30 Å². The van der Waals surface area contributed by atoms with E-state index in [1.54, 1.807) is 0 Å². The minimum Gasteiger partial charge on any atom is -0.409 e. The van der Waals surface area contributed by atoms with Crippen LogP contribution >= 0.6 is 0 Å². The fourth-order valence-electron chi connectivity index (χ4n) is 1.51. The maximum Gasteiger partial charge on any atom is 0.309 e. The zero-order valence-corrected chi connectivity index (χ0v) is 8.15. The maximum atomic E-state index is 10.8. The van der Waals surface area contributed by atoms with Gasteiger partial charge in [-0.25, -0.2) is 0 Å². The van der Waals surface area contributed by atoms with E-state index < -0.39 is 0 Å². The van der Waals surface area contributed by atoms with Gasteiger partial charge in [0.05, 0.1) is 5.52 Å². The topological polar surface area (TPSA) is 31.2 Å². The van der Waals surface area contributed by atoms with Crippen molar-refractivity contribution in [1.29, 1.82) is 0 Å². The smallest absolute Gasteiger partial charge is 0.309 e. The molecule has 0 radical (unpaired) electrons. The quantitative estimate of drug-likeness (QED) is 0.643. The standard InChI is InChI=1S/C11H11NO2/c1-8(13)14-11-7-9-5-3-4-6-10(9)12(11)2/h3-7H,1-2H3. The predicted octanol–water partition coefficient (Wildman–Crippen LogP) is 2.10. The zero-order valence-electron chi connectivity index (χ0n) is 8.15. The van der Waals surface area contributed by atoms with Crippen molar-refractivity contribution in [1.82, 2.24) is 4.57 Å². The van der Waals surface area contributed by atoms with E-state index in [9.17, 15) is 4.79 Å². The van der Waals surface area contributed by atoms with Gasteiger partial charge >= 0.3 is 5.97 Å². The Bertz CT molecular complexity index is 485. The molecule has 3 heteroatoms. The van der Waals surface area contributed by atoms with E-state index in [1.165, 1.54) is 6.92 Å². The van der Waals surface area contributed by atoms with Crippen LogP contribution in [0.25, 0.3) is 10.9 Å². The number of hydrogen-bond donors (Lipinski definition) is 0. The number of carbonyl (C=O) groups is 1. The van der Waals surface area contributed by atoms with Crippen molar-refractivity contribution in [2.24, 2.45) is 7.05 Å². The van der Waals surface area contributed by atoms with E-state index in [-0.39, 0.29) is 5.97 Å². The number of esters is 1. The molecule has 2 rings (SSSR count). The minimum absolute atomic E-state index is 0.295. The molecule has 0 N–H and O–H groups in total. The molecule has 0 unspecified atom stereocenters. The van der Waals surface area contributed by atoms with Crippen LogP contribution in [0.4, 0.5) is 0 Å². The molecule has 0 bridgehead atoms. The Labute approximate surface area is 81.9 Å². The molecule has 14 heavy (non-hydrogen) atoms. The molecule has 0 fully saturated rings. The van der Waals surface area contributed by atoms with Crippen LogP contribution in [0.2, 0.25) is 0 Å². The summed E-state index contributed by atoms with van der Waals surface area (Å²) in [6.45, 7) is 1.40. The molecule has 0 saturated carbocycles. The van der Waals surface area contributed by atoms with Gasteiger partial charge in [0.1, 0.15) is 0 Å². The lowest BCUT2D eigenvalue weighted by molar-refractivity contribution is -0.132. The first-order valence-electron chi connectivity index (χ1n) is 4.41. The highest BCUT2D eigenvalue weighted by atomic mass is 16.5. The van der Waals surface area contributed by atoms with E-state index in [1.807, 2.05) is 41.9 Å². The van der Waals surface area contributed by atoms with Crippen molar-refractivity contribution >= 4 is 16.9 Å². The van der Waals surface area contributed by atoms with Crippen molar-refractivity contribution in [2.75, 3.05) is 0 Å². The van der Waals surface area contributed by atoms with Crippen LogP contribution in [-0.2, 0) is 11.8 Å². The largest absolute Gasteiger partial charge is 0.409 e. The van der Waals surface area contributed by atoms with Gasteiger partial charge in [-0.3, -0.25) is 4.79 Å². The second-order valence-electron chi connectivity index (χ2n) is 3.19. The van der Waals surface area contributed by atoms with Crippen molar-refractivity contribution in [3.05, 3.63) is 30.3 Å². The predicted molar refractivity (Wildman–Crippen MR) is 54.2 cm³/mol. The van der Waals surface area contributed by atoms with E-state index >= 15 is 0 Å². The first-order valence-corrected chi connectivity index (χ1v) is 4.41. The lowest BCUT2D eigenvalue weighted by Crippen LogP contribution is -2.04. The molecule has 0 spiro atoms. The summed E-state index contributed by atoms with van der Waals surface area (Å²) >= 11 is 0. The molecule has 72 valence electrons. The molecular weight excluding hydrogens is 178 g/mol. The van der Waals surface area contributed by atoms with E-state index in [2.05, 4.69) is 0 Å². The molecule has 0 aliphatic carbocycles. The Hall–Kier alpha value is -1.77. The first-order chi connectivity index (χ1) is 6.68. The summed E-state index contributed by atoms with van der Waals surface area (Å²) in [6.07, 6.45) is 0. The van der Waals surface area contributed by atoms with Crippen LogP contribution in [0.15, 0.2) is 30.3 Å². The van der Waals surface area contributed by atoms with Gasteiger partial charge in [-0.1, -0.05) is 18.2 Å². The van der Waals surface area contributed by atoms with Gasteiger partial charge in [-0.15, -0.1) is 0 Å². The van der Waals surface area contributed by atoms with Gasteiger partial charge in [0.25, 0.3) is 0 Å². The lowest BCUT2D eigenvalue weighted by Gasteiger charge is -2.02. The highest BCUT2D eigenvalue weighted by Crippen LogP contribution is 2.23. The second kappa shape index (κ2) is 3.18. The Kier molecular flexibility index (Phi) is 2.00. The van der Waals surface area contributed by atoms with Crippen LogP contribution in [0.5, 0.6) is 5.88 Å². The number of ether oxygens (including phenoxy) is 1. The SMILES string of the molecule is CC(=O)Oc1cc2ccccc2n1C. The van der Waals surface area contributed by atoms with Crippen molar-refractivity contribution in [3.63, 3.8) is 0 Å². The Morgan fingerprint density at radius 1 is 1.36 bits per heavy atom. The Morgan fingerprint density at radius 2 is 2.07 bits per heavy atom. The van der Waals surface area contributed by atoms with E-state index in [0.29, 0.717) is 5.88 Å². The monoisotopic (exact) mass is 189 g/mol. The molecule has 0 saturated heterocycles. The fraction of sp³-hybridized carbons (Fsp3) is 0.182. The van der Waals surface area contributed by atoms with Gasteiger partial charge in [0.15, 0.2) is 0 Å². The molecule has 1 heterocycles. The third-order valence-electron chi connectivity index (χ3n) is 2.16. The van der Waals surface area contributed by atoms with Crippen molar-refractivity contribution in [2.45, 2.75) is 6.92 Å². The Morgan fingerprint density at radius 3 is 2.71 bits per heavy atom. The molecule has 1 aromatic carbocycles. The zero-order chi connectivity index (χ0) is 10.1. The average Bonchev–Trinajstić information content (AvgIpc) is 2.44. The molecule has 0 aliphatic rings. The van der Waals surface area contributed by atoms with Crippen LogP contribution in [0.1, 0.15) is 6.92 Å². The fourth-order valence-corrected chi connectivity index (χ4v) is 1.51. The molecule has 3 nitrogen and oxygen atoms in total. The number of aryl methyl sites for hydroxylation is 1. The average molecular weight is 189 g/mol. The van der Waals surface area contributed by atoms with Crippen LogP contribution in [0, 0.1) is 0 Å². The maximum absolute atomic E-state index is 10.8. The molecule has 2 aromatic rings. The number of fused-ring (bicyclic) bond motifs is 1. The number of para-hydroxylation sites is 1. The minimum atomic E-state index is -0.295. The summed E-state index contributed by atoms with van der Waals surface area (Å²) in [5, 5.41) is 1.08. The number of rotatable bonds is 1. The first kappa shape index (κ1) is 8.81. The summed E-state index contributed by atoms with van der Waals surface area (Å²) in [4.78, 5) is 10.8. The molecule has 0 atom stereocenters. The van der Waals surface area contributed by atoms with E-state index in [4.69, 9.17) is 4.74 Å². The normalized spacial score (nSPS) is 10.4. The highest BCUT2D eigenvalue weighted by Gasteiger charge is 2.07. The summed E-state index contributed by atoms with van der Waals surface area (Å²) in [6, 6.07) is 9.75. The van der Waals surface area contributed by atoms with Gasteiger partial charge in [0.2, 0.25) is 5.88 Å². The Balaban J connectivity index is 2.57. The number of aromatic nitrogens is 1. The second-order valence-corrected chi connectivity index (χ2v) is 3.19.